The Bertz CT molecular complexity index is 465. The third-order valence-electron chi connectivity index (χ3n) is 2.86. The molecule has 0 radical (unpaired) electrons. The van der Waals surface area contributed by atoms with E-state index in [4.69, 9.17) is 16.7 Å². The molecule has 0 saturated carbocycles. The van der Waals surface area contributed by atoms with E-state index in [-0.39, 0.29) is 12.3 Å². The molecular formula is C14H19ClN2O3. The maximum atomic E-state index is 11.7. The van der Waals surface area contributed by atoms with E-state index >= 15 is 0 Å². The normalized spacial score (nSPS) is 10.6. The third-order valence-corrected chi connectivity index (χ3v) is 3.23. The number of amides is 1. The van der Waals surface area contributed by atoms with Crippen molar-refractivity contribution in [2.75, 3.05) is 20.1 Å². The summed E-state index contributed by atoms with van der Waals surface area (Å²) in [6, 6.07) is 7.35. The van der Waals surface area contributed by atoms with Gasteiger partial charge in [-0.25, -0.2) is 0 Å². The van der Waals surface area contributed by atoms with Gasteiger partial charge in [0.25, 0.3) is 0 Å². The van der Waals surface area contributed by atoms with Gasteiger partial charge in [0.2, 0.25) is 5.91 Å². The molecule has 0 saturated heterocycles. The van der Waals surface area contributed by atoms with Gasteiger partial charge in [0, 0.05) is 31.1 Å². The van der Waals surface area contributed by atoms with Gasteiger partial charge in [-0.15, -0.1) is 0 Å². The topological polar surface area (TPSA) is 69.6 Å². The predicted octanol–water partition coefficient (Wildman–Crippen LogP) is 1.75. The molecule has 6 heteroatoms. The van der Waals surface area contributed by atoms with E-state index in [9.17, 15) is 9.59 Å². The SMILES string of the molecule is CN(CCC(=O)O)CCC(=O)NCc1ccccc1Cl. The molecule has 0 aliphatic rings. The lowest BCUT2D eigenvalue weighted by Gasteiger charge is -2.15. The minimum atomic E-state index is -0.833. The summed E-state index contributed by atoms with van der Waals surface area (Å²) in [7, 11) is 1.80. The molecule has 1 amide bonds. The van der Waals surface area contributed by atoms with Gasteiger partial charge >= 0.3 is 5.97 Å². The van der Waals surface area contributed by atoms with Gasteiger partial charge in [0.1, 0.15) is 0 Å². The van der Waals surface area contributed by atoms with Crippen molar-refractivity contribution in [2.45, 2.75) is 19.4 Å². The quantitative estimate of drug-likeness (QED) is 0.767. The predicted molar refractivity (Wildman–Crippen MR) is 77.7 cm³/mol. The first-order valence-corrected chi connectivity index (χ1v) is 6.77. The van der Waals surface area contributed by atoms with Crippen LogP contribution in [0.4, 0.5) is 0 Å². The van der Waals surface area contributed by atoms with Crippen LogP contribution < -0.4 is 5.32 Å². The second kappa shape index (κ2) is 8.55. The number of nitrogens with one attached hydrogen (secondary N) is 1. The molecule has 1 aromatic carbocycles. The maximum Gasteiger partial charge on any atom is 0.304 e. The molecule has 1 rings (SSSR count). The molecule has 0 spiro atoms. The number of nitrogens with zero attached hydrogens (tertiary/aromatic N) is 1. The monoisotopic (exact) mass is 298 g/mol. The smallest absolute Gasteiger partial charge is 0.304 e. The van der Waals surface area contributed by atoms with Crippen LogP contribution in [0.3, 0.4) is 0 Å². The number of carboxylic acids is 1. The summed E-state index contributed by atoms with van der Waals surface area (Å²) < 4.78 is 0. The van der Waals surface area contributed by atoms with Crippen molar-refractivity contribution in [1.82, 2.24) is 10.2 Å². The van der Waals surface area contributed by atoms with Crippen molar-refractivity contribution < 1.29 is 14.7 Å². The van der Waals surface area contributed by atoms with E-state index in [1.54, 1.807) is 13.1 Å². The van der Waals surface area contributed by atoms with Crippen LogP contribution in [0.1, 0.15) is 18.4 Å². The summed E-state index contributed by atoms with van der Waals surface area (Å²) in [5, 5.41) is 12.0. The molecule has 0 aliphatic heterocycles. The zero-order valence-corrected chi connectivity index (χ0v) is 12.2. The van der Waals surface area contributed by atoms with Crippen molar-refractivity contribution >= 4 is 23.5 Å². The Morgan fingerprint density at radius 3 is 2.55 bits per heavy atom. The second-order valence-corrected chi connectivity index (χ2v) is 4.97. The van der Waals surface area contributed by atoms with Crippen molar-refractivity contribution in [1.29, 1.82) is 0 Å². The maximum absolute atomic E-state index is 11.7. The van der Waals surface area contributed by atoms with Crippen LogP contribution >= 0.6 is 11.6 Å². The lowest BCUT2D eigenvalue weighted by atomic mass is 10.2. The first-order valence-electron chi connectivity index (χ1n) is 6.39. The zero-order valence-electron chi connectivity index (χ0n) is 11.4. The minimum Gasteiger partial charge on any atom is -0.481 e. The van der Waals surface area contributed by atoms with E-state index in [1.165, 1.54) is 0 Å². The molecule has 0 aliphatic carbocycles. The summed E-state index contributed by atoms with van der Waals surface area (Å²) in [6.07, 6.45) is 0.415. The highest BCUT2D eigenvalue weighted by molar-refractivity contribution is 6.31. The number of hydrogen-bond donors (Lipinski definition) is 2. The van der Waals surface area contributed by atoms with Gasteiger partial charge in [0.05, 0.1) is 6.42 Å². The van der Waals surface area contributed by atoms with Crippen molar-refractivity contribution in [3.8, 4) is 0 Å². The van der Waals surface area contributed by atoms with Crippen LogP contribution in [0.15, 0.2) is 24.3 Å². The standard InChI is InChI=1S/C14H19ClN2O3/c1-17(9-7-14(19)20)8-6-13(18)16-10-11-4-2-3-5-12(11)15/h2-5H,6-10H2,1H3,(H,16,18)(H,19,20). The first kappa shape index (κ1) is 16.5. The molecule has 1 aromatic rings. The zero-order chi connectivity index (χ0) is 15.0. The van der Waals surface area contributed by atoms with E-state index in [1.807, 2.05) is 23.1 Å². The molecule has 2 N–H and O–H groups in total. The van der Waals surface area contributed by atoms with Crippen LogP contribution in [-0.4, -0.2) is 42.0 Å². The molecular weight excluding hydrogens is 280 g/mol. The number of carboxylic acid groups (broad SMARTS) is 1. The minimum absolute atomic E-state index is 0.0768. The number of halogens is 1. The van der Waals surface area contributed by atoms with Crippen molar-refractivity contribution in [3.63, 3.8) is 0 Å². The molecule has 0 heterocycles. The van der Waals surface area contributed by atoms with E-state index in [0.717, 1.165) is 5.56 Å². The van der Waals surface area contributed by atoms with E-state index in [0.29, 0.717) is 31.1 Å². The fourth-order valence-corrected chi connectivity index (χ4v) is 1.82. The summed E-state index contributed by atoms with van der Waals surface area (Å²) in [4.78, 5) is 23.9. The van der Waals surface area contributed by atoms with E-state index < -0.39 is 5.97 Å². The van der Waals surface area contributed by atoms with Crippen LogP contribution in [-0.2, 0) is 16.1 Å². The highest BCUT2D eigenvalue weighted by atomic mass is 35.5. The molecule has 0 aromatic heterocycles. The highest BCUT2D eigenvalue weighted by Crippen LogP contribution is 2.14. The van der Waals surface area contributed by atoms with Gasteiger partial charge in [-0.05, 0) is 18.7 Å². The number of carbonyl (C=O) groups is 2. The molecule has 0 atom stereocenters. The third kappa shape index (κ3) is 6.54. The van der Waals surface area contributed by atoms with Crippen LogP contribution in [0.5, 0.6) is 0 Å². The lowest BCUT2D eigenvalue weighted by molar-refractivity contribution is -0.137. The Morgan fingerprint density at radius 2 is 1.90 bits per heavy atom. The highest BCUT2D eigenvalue weighted by Gasteiger charge is 2.07. The molecule has 0 bridgehead atoms. The Hall–Kier alpha value is -1.59. The average molecular weight is 299 g/mol. The Balaban J connectivity index is 2.24. The number of carbonyl (C=O) groups excluding carboxylic acids is 1. The summed E-state index contributed by atoms with van der Waals surface area (Å²) in [5.74, 6) is -0.910. The summed E-state index contributed by atoms with van der Waals surface area (Å²) in [5.41, 5.74) is 0.877. The average Bonchev–Trinajstić information content (AvgIpc) is 2.42. The van der Waals surface area contributed by atoms with Crippen LogP contribution in [0.25, 0.3) is 0 Å². The van der Waals surface area contributed by atoms with E-state index in [2.05, 4.69) is 5.32 Å². The first-order chi connectivity index (χ1) is 9.49. The van der Waals surface area contributed by atoms with Gasteiger partial charge in [0.15, 0.2) is 0 Å². The molecule has 0 fully saturated rings. The van der Waals surface area contributed by atoms with Gasteiger partial charge in [-0.1, -0.05) is 29.8 Å². The Morgan fingerprint density at radius 1 is 1.25 bits per heavy atom. The number of benzene rings is 1. The molecule has 5 nitrogen and oxygen atoms in total. The van der Waals surface area contributed by atoms with Crippen LogP contribution in [0.2, 0.25) is 5.02 Å². The summed E-state index contributed by atoms with van der Waals surface area (Å²) >= 11 is 5.99. The van der Waals surface area contributed by atoms with Crippen LogP contribution in [0, 0.1) is 0 Å². The fourth-order valence-electron chi connectivity index (χ4n) is 1.61. The Kier molecular flexibility index (Phi) is 7.04. The number of aliphatic carboxylic acids is 1. The lowest BCUT2D eigenvalue weighted by Crippen LogP contribution is -2.29. The van der Waals surface area contributed by atoms with Gasteiger partial charge in [-0.2, -0.15) is 0 Å². The van der Waals surface area contributed by atoms with Crippen molar-refractivity contribution in [3.05, 3.63) is 34.9 Å². The summed E-state index contributed by atoms with van der Waals surface area (Å²) in [6.45, 7) is 1.37. The fraction of sp³-hybridized carbons (Fsp3) is 0.429. The van der Waals surface area contributed by atoms with Crippen molar-refractivity contribution in [2.24, 2.45) is 0 Å². The number of rotatable bonds is 8. The molecule has 20 heavy (non-hydrogen) atoms. The largest absolute Gasteiger partial charge is 0.481 e. The van der Waals surface area contributed by atoms with Gasteiger partial charge < -0.3 is 15.3 Å². The molecule has 110 valence electrons. The Labute approximate surface area is 123 Å². The van der Waals surface area contributed by atoms with Gasteiger partial charge in [-0.3, -0.25) is 9.59 Å². The number of hydrogen-bond acceptors (Lipinski definition) is 3. The second-order valence-electron chi connectivity index (χ2n) is 4.57. The molecule has 0 unspecified atom stereocenters.